The van der Waals surface area contributed by atoms with Gasteiger partial charge in [-0.25, -0.2) is 0 Å². The van der Waals surface area contributed by atoms with Crippen molar-refractivity contribution >= 4 is 5.97 Å². The number of rotatable bonds is 10. The molecule has 0 fully saturated rings. The molecule has 0 unspecified atom stereocenters. The molecule has 0 radical (unpaired) electrons. The maximum absolute atomic E-state index is 10.1. The molecule has 0 saturated heterocycles. The normalized spacial score (nSPS) is 9.06. The average Bonchev–Trinajstić information content (AvgIpc) is 2.27. The topological polar surface area (TPSA) is 60.4 Å². The summed E-state index contributed by atoms with van der Waals surface area (Å²) >= 11 is 0. The van der Waals surface area contributed by atoms with Crippen LogP contribution >= 0.6 is 0 Å². The fourth-order valence-electron chi connectivity index (χ4n) is 1.58. The van der Waals surface area contributed by atoms with Crippen molar-refractivity contribution < 1.29 is 44.6 Å². The third-order valence-electron chi connectivity index (χ3n) is 2.48. The van der Waals surface area contributed by atoms with Gasteiger partial charge in [0.1, 0.15) is 0 Å². The molecule has 104 valence electrons. The molecule has 4 heteroatoms. The van der Waals surface area contributed by atoms with E-state index in [1.165, 1.54) is 44.9 Å². The summed E-state index contributed by atoms with van der Waals surface area (Å²) in [7, 11) is 0. The van der Waals surface area contributed by atoms with Crippen LogP contribution in [0.3, 0.4) is 0 Å². The minimum atomic E-state index is -0.909. The number of aliphatic hydroxyl groups is 1. The summed E-state index contributed by atoms with van der Waals surface area (Å²) in [5, 5.41) is 17.7. The average molecular weight is 268 g/mol. The van der Waals surface area contributed by atoms with Gasteiger partial charge < -0.3 is 15.0 Å². The van der Waals surface area contributed by atoms with Crippen LogP contribution in [-0.2, 0) is 4.79 Å². The molecule has 0 bridgehead atoms. The fraction of sp³-hybridized carbons (Fsp3) is 0.929. The van der Waals surface area contributed by atoms with Crippen LogP contribution in [0.15, 0.2) is 0 Å². The van der Waals surface area contributed by atoms with Crippen molar-refractivity contribution in [2.75, 3.05) is 6.61 Å². The molecule has 0 aliphatic carbocycles. The van der Waals surface area contributed by atoms with Gasteiger partial charge in [-0.05, 0) is 19.8 Å². The van der Waals surface area contributed by atoms with Gasteiger partial charge in [-0.1, -0.05) is 58.3 Å². The van der Waals surface area contributed by atoms with Gasteiger partial charge in [0, 0.05) is 12.6 Å². The first-order valence-electron chi connectivity index (χ1n) is 6.99. The molecule has 0 aliphatic rings. The molecule has 0 aromatic heterocycles. The summed E-state index contributed by atoms with van der Waals surface area (Å²) in [6.45, 7) is 4.15. The summed E-state index contributed by atoms with van der Waals surface area (Å²) in [6.07, 6.45) is 11.2. The number of carboxylic acids is 1. The Bertz CT molecular complexity index is 152. The Hall–Kier alpha value is 0.430. The molecule has 0 rings (SSSR count). The summed E-state index contributed by atoms with van der Waals surface area (Å²) in [6, 6.07) is 0. The van der Waals surface area contributed by atoms with Crippen molar-refractivity contribution in [3.05, 3.63) is 0 Å². The number of hydrogen-bond donors (Lipinski definition) is 1. The summed E-state index contributed by atoms with van der Waals surface area (Å²) in [5.41, 5.74) is 0. The number of unbranched alkanes of at least 4 members (excludes halogenated alkanes) is 8. The molecule has 0 aliphatic heterocycles. The number of hydrogen-bond acceptors (Lipinski definition) is 3. The molecule has 0 amide bonds. The van der Waals surface area contributed by atoms with Gasteiger partial charge in [-0.15, -0.1) is 0 Å². The smallest absolute Gasteiger partial charge is 0.550 e. The molecule has 18 heavy (non-hydrogen) atoms. The Morgan fingerprint density at radius 1 is 0.889 bits per heavy atom. The van der Waals surface area contributed by atoms with E-state index in [-0.39, 0.29) is 42.6 Å². The van der Waals surface area contributed by atoms with Crippen LogP contribution in [0, 0.1) is 0 Å². The third-order valence-corrected chi connectivity index (χ3v) is 2.48. The molecule has 0 aromatic carbocycles. The minimum absolute atomic E-state index is 0. The van der Waals surface area contributed by atoms with E-state index in [0.717, 1.165) is 12.8 Å². The molecular weight excluding hydrogens is 239 g/mol. The van der Waals surface area contributed by atoms with Crippen LogP contribution in [0.4, 0.5) is 0 Å². The molecule has 1 N–H and O–H groups in total. The quantitative estimate of drug-likeness (QED) is 0.435. The van der Waals surface area contributed by atoms with Gasteiger partial charge >= 0.3 is 29.6 Å². The zero-order valence-corrected chi connectivity index (χ0v) is 14.5. The van der Waals surface area contributed by atoms with E-state index in [9.17, 15) is 9.90 Å². The first kappa shape index (κ1) is 23.5. The van der Waals surface area contributed by atoms with Crippen molar-refractivity contribution in [1.82, 2.24) is 0 Å². The number of aliphatic hydroxyl groups excluding tert-OH is 1. The molecule has 0 saturated carbocycles. The van der Waals surface area contributed by atoms with Crippen molar-refractivity contribution in [2.45, 2.75) is 78.1 Å². The van der Waals surface area contributed by atoms with Crippen molar-refractivity contribution in [3.63, 3.8) is 0 Å². The Morgan fingerprint density at radius 2 is 1.22 bits per heavy atom. The molecule has 0 aromatic rings. The predicted molar refractivity (Wildman–Crippen MR) is 69.6 cm³/mol. The second kappa shape index (κ2) is 22.6. The van der Waals surface area contributed by atoms with Crippen molar-refractivity contribution in [1.29, 1.82) is 0 Å². The summed E-state index contributed by atoms with van der Waals surface area (Å²) in [5.74, 6) is -0.909. The molecule has 3 nitrogen and oxygen atoms in total. The van der Waals surface area contributed by atoms with E-state index in [0.29, 0.717) is 0 Å². The maximum atomic E-state index is 10.1. The Balaban J connectivity index is -0.000000507. The van der Waals surface area contributed by atoms with Crippen LogP contribution in [0.2, 0.25) is 0 Å². The fourth-order valence-corrected chi connectivity index (χ4v) is 1.58. The predicted octanol–water partition coefficient (Wildman–Crippen LogP) is -0.340. The van der Waals surface area contributed by atoms with Crippen molar-refractivity contribution in [2.24, 2.45) is 0 Å². The second-order valence-electron chi connectivity index (χ2n) is 4.27. The Morgan fingerprint density at radius 3 is 1.56 bits per heavy atom. The van der Waals surface area contributed by atoms with Crippen LogP contribution in [0.25, 0.3) is 0 Å². The van der Waals surface area contributed by atoms with E-state index < -0.39 is 5.97 Å². The molecule has 0 heterocycles. The zero-order valence-electron chi connectivity index (χ0n) is 12.5. The van der Waals surface area contributed by atoms with Crippen LogP contribution in [-0.4, -0.2) is 17.7 Å². The van der Waals surface area contributed by atoms with Crippen LogP contribution in [0.1, 0.15) is 78.1 Å². The Kier molecular flexibility index (Phi) is 29.5. The zero-order chi connectivity index (χ0) is 13.4. The maximum Gasteiger partial charge on any atom is 1.00 e. The minimum Gasteiger partial charge on any atom is -0.550 e. The molecule has 0 atom stereocenters. The Labute approximate surface area is 135 Å². The standard InChI is InChI=1S/C12H24O2.C2H6O.Na/c1-2-3-4-5-6-7-8-9-10-11-12(13)14;1-2-3;/h2-11H2,1H3,(H,13,14);3H,2H2,1H3;/q;;+1/p-1. The van der Waals surface area contributed by atoms with Gasteiger partial charge in [0.25, 0.3) is 0 Å². The van der Waals surface area contributed by atoms with Gasteiger partial charge in [0.15, 0.2) is 0 Å². The summed E-state index contributed by atoms with van der Waals surface area (Å²) < 4.78 is 0. The van der Waals surface area contributed by atoms with E-state index in [1.807, 2.05) is 0 Å². The van der Waals surface area contributed by atoms with E-state index in [1.54, 1.807) is 6.92 Å². The van der Waals surface area contributed by atoms with E-state index >= 15 is 0 Å². The number of aliphatic carboxylic acids is 1. The van der Waals surface area contributed by atoms with Crippen molar-refractivity contribution in [3.8, 4) is 0 Å². The van der Waals surface area contributed by atoms with Gasteiger partial charge in [0.05, 0.1) is 0 Å². The van der Waals surface area contributed by atoms with Gasteiger partial charge in [-0.3, -0.25) is 0 Å². The number of carboxylic acid groups (broad SMARTS) is 1. The SMILES string of the molecule is CCCCCCCCCCCC(=O)[O-].CCO.[Na+]. The van der Waals surface area contributed by atoms with E-state index in [4.69, 9.17) is 5.11 Å². The largest absolute Gasteiger partial charge is 1.00 e. The molecule has 0 spiro atoms. The third kappa shape index (κ3) is 29.9. The molecular formula is C14H29NaO3. The number of carbonyl (C=O) groups is 1. The van der Waals surface area contributed by atoms with Gasteiger partial charge in [-0.2, -0.15) is 0 Å². The first-order chi connectivity index (χ1) is 8.18. The van der Waals surface area contributed by atoms with E-state index in [2.05, 4.69) is 6.92 Å². The summed E-state index contributed by atoms with van der Waals surface area (Å²) in [4.78, 5) is 10.1. The monoisotopic (exact) mass is 268 g/mol. The van der Waals surface area contributed by atoms with Crippen LogP contribution < -0.4 is 34.7 Å². The van der Waals surface area contributed by atoms with Crippen LogP contribution in [0.5, 0.6) is 0 Å². The number of carbonyl (C=O) groups excluding carboxylic acids is 1. The first-order valence-corrected chi connectivity index (χ1v) is 6.99. The van der Waals surface area contributed by atoms with Gasteiger partial charge in [0.2, 0.25) is 0 Å². The second-order valence-corrected chi connectivity index (χ2v) is 4.27.